The van der Waals surface area contributed by atoms with Gasteiger partial charge in [-0.3, -0.25) is 4.90 Å². The van der Waals surface area contributed by atoms with Crippen LogP contribution in [0.25, 0.3) is 0 Å². The van der Waals surface area contributed by atoms with E-state index in [1.54, 1.807) is 0 Å². The molecule has 0 bridgehead atoms. The van der Waals surface area contributed by atoms with E-state index in [1.165, 1.54) is 43.1 Å². The Labute approximate surface area is 139 Å². The number of para-hydroxylation sites is 1. The lowest BCUT2D eigenvalue weighted by Crippen LogP contribution is -2.46. The molecule has 1 heterocycles. The summed E-state index contributed by atoms with van der Waals surface area (Å²) in [5.41, 5.74) is 1.41. The van der Waals surface area contributed by atoms with Crippen LogP contribution in [0.15, 0.2) is 29.2 Å². The molecule has 124 valence electrons. The van der Waals surface area contributed by atoms with Gasteiger partial charge in [-0.2, -0.15) is 0 Å². The van der Waals surface area contributed by atoms with Crippen molar-refractivity contribution < 1.29 is 5.11 Å². The van der Waals surface area contributed by atoms with Crippen molar-refractivity contribution >= 4 is 17.4 Å². The van der Waals surface area contributed by atoms with Crippen LogP contribution in [0.3, 0.4) is 0 Å². The Morgan fingerprint density at radius 2 is 1.73 bits per heavy atom. The van der Waals surface area contributed by atoms with Gasteiger partial charge in [-0.25, -0.2) is 0 Å². The third-order valence-electron chi connectivity index (χ3n) is 4.26. The van der Waals surface area contributed by atoms with Gasteiger partial charge in [0.1, 0.15) is 0 Å². The summed E-state index contributed by atoms with van der Waals surface area (Å²) < 4.78 is 0. The van der Waals surface area contributed by atoms with Crippen LogP contribution in [0.2, 0.25) is 0 Å². The molecule has 1 aliphatic heterocycles. The van der Waals surface area contributed by atoms with Crippen LogP contribution in [0.1, 0.15) is 32.6 Å². The van der Waals surface area contributed by atoms with Crippen molar-refractivity contribution in [3.63, 3.8) is 0 Å². The summed E-state index contributed by atoms with van der Waals surface area (Å²) in [6.45, 7) is 8.39. The van der Waals surface area contributed by atoms with Gasteiger partial charge < -0.3 is 10.0 Å². The number of thioether (sulfide) groups is 1. The Morgan fingerprint density at radius 1 is 1.00 bits per heavy atom. The Morgan fingerprint density at radius 3 is 2.45 bits per heavy atom. The summed E-state index contributed by atoms with van der Waals surface area (Å²) in [7, 11) is 0. The van der Waals surface area contributed by atoms with Gasteiger partial charge in [0.25, 0.3) is 0 Å². The molecule has 0 spiro atoms. The normalized spacial score (nSPS) is 16.2. The molecule has 0 radical (unpaired) electrons. The van der Waals surface area contributed by atoms with Gasteiger partial charge >= 0.3 is 0 Å². The first-order valence-electron chi connectivity index (χ1n) is 8.65. The molecule has 0 amide bonds. The van der Waals surface area contributed by atoms with Crippen molar-refractivity contribution in [2.75, 3.05) is 50.0 Å². The number of hydrogen-bond acceptors (Lipinski definition) is 4. The minimum atomic E-state index is 0.341. The van der Waals surface area contributed by atoms with Crippen LogP contribution in [0.5, 0.6) is 0 Å². The Kier molecular flexibility index (Phi) is 8.13. The molecule has 1 aromatic carbocycles. The van der Waals surface area contributed by atoms with Gasteiger partial charge in [-0.15, -0.1) is 11.8 Å². The van der Waals surface area contributed by atoms with Crippen molar-refractivity contribution in [3.05, 3.63) is 24.3 Å². The maximum Gasteiger partial charge on any atom is 0.0505 e. The zero-order valence-corrected chi connectivity index (χ0v) is 14.7. The van der Waals surface area contributed by atoms with Gasteiger partial charge in [0.2, 0.25) is 0 Å². The molecule has 0 atom stereocenters. The molecule has 1 N–H and O–H groups in total. The van der Waals surface area contributed by atoms with Crippen molar-refractivity contribution in [1.82, 2.24) is 4.90 Å². The molecule has 22 heavy (non-hydrogen) atoms. The first-order valence-corrected chi connectivity index (χ1v) is 9.63. The third-order valence-corrected chi connectivity index (χ3v) is 5.21. The summed E-state index contributed by atoms with van der Waals surface area (Å²) in [6, 6.07) is 8.81. The van der Waals surface area contributed by atoms with Crippen molar-refractivity contribution in [2.24, 2.45) is 0 Å². The number of rotatable bonds is 9. The first kappa shape index (κ1) is 17.6. The first-order chi connectivity index (χ1) is 10.8. The highest BCUT2D eigenvalue weighted by Gasteiger charge is 2.18. The second kappa shape index (κ2) is 10.1. The molecule has 0 unspecified atom stereocenters. The van der Waals surface area contributed by atoms with E-state index in [0.29, 0.717) is 6.61 Å². The largest absolute Gasteiger partial charge is 0.396 e. The molecule has 1 aliphatic rings. The van der Waals surface area contributed by atoms with E-state index >= 15 is 0 Å². The van der Waals surface area contributed by atoms with Crippen LogP contribution in [-0.4, -0.2) is 55.1 Å². The summed E-state index contributed by atoms with van der Waals surface area (Å²) in [5, 5.41) is 8.79. The van der Waals surface area contributed by atoms with Gasteiger partial charge in [0.15, 0.2) is 0 Å². The number of anilines is 1. The summed E-state index contributed by atoms with van der Waals surface area (Å²) in [4.78, 5) is 6.55. The standard InChI is InChI=1S/C18H30N2OS/c1-2-22-18-10-6-5-9-17(18)20-14-12-19(13-15-20)11-7-3-4-8-16-21/h5-6,9-10,21H,2-4,7-8,11-16H2,1H3. The monoisotopic (exact) mass is 322 g/mol. The molecular weight excluding hydrogens is 292 g/mol. The maximum atomic E-state index is 8.79. The Balaban J connectivity index is 1.75. The molecule has 3 nitrogen and oxygen atoms in total. The summed E-state index contributed by atoms with van der Waals surface area (Å²) >= 11 is 1.94. The maximum absolute atomic E-state index is 8.79. The van der Waals surface area contributed by atoms with Crippen molar-refractivity contribution in [3.8, 4) is 0 Å². The van der Waals surface area contributed by atoms with Crippen LogP contribution < -0.4 is 4.90 Å². The minimum Gasteiger partial charge on any atom is -0.396 e. The van der Waals surface area contributed by atoms with Crippen molar-refractivity contribution in [1.29, 1.82) is 0 Å². The Bertz CT molecular complexity index is 419. The zero-order valence-electron chi connectivity index (χ0n) is 13.8. The molecule has 0 saturated carbocycles. The number of benzene rings is 1. The van der Waals surface area contributed by atoms with E-state index in [0.717, 1.165) is 31.7 Å². The fourth-order valence-corrected chi connectivity index (χ4v) is 3.84. The van der Waals surface area contributed by atoms with E-state index in [4.69, 9.17) is 5.11 Å². The molecule has 0 aromatic heterocycles. The lowest BCUT2D eigenvalue weighted by Gasteiger charge is -2.37. The predicted octanol–water partition coefficient (Wildman–Crippen LogP) is 3.47. The number of hydrogen-bond donors (Lipinski definition) is 1. The fraction of sp³-hybridized carbons (Fsp3) is 0.667. The summed E-state index contributed by atoms with van der Waals surface area (Å²) in [5.74, 6) is 1.13. The summed E-state index contributed by atoms with van der Waals surface area (Å²) in [6.07, 6.45) is 4.64. The lowest BCUT2D eigenvalue weighted by molar-refractivity contribution is 0.247. The number of nitrogens with zero attached hydrogens (tertiary/aromatic N) is 2. The molecule has 1 fully saturated rings. The highest BCUT2D eigenvalue weighted by molar-refractivity contribution is 7.99. The molecule has 1 aromatic rings. The SMILES string of the molecule is CCSc1ccccc1N1CCN(CCCCCCO)CC1. The number of piperazine rings is 1. The number of aliphatic hydroxyl groups excluding tert-OH is 1. The van der Waals surface area contributed by atoms with Gasteiger partial charge in [0.05, 0.1) is 5.69 Å². The zero-order chi connectivity index (χ0) is 15.6. The predicted molar refractivity (Wildman–Crippen MR) is 97.0 cm³/mol. The third kappa shape index (κ3) is 5.49. The van der Waals surface area contributed by atoms with E-state index < -0.39 is 0 Å². The highest BCUT2D eigenvalue weighted by Crippen LogP contribution is 2.30. The molecule has 4 heteroatoms. The second-order valence-electron chi connectivity index (χ2n) is 5.87. The highest BCUT2D eigenvalue weighted by atomic mass is 32.2. The minimum absolute atomic E-state index is 0.341. The van der Waals surface area contributed by atoms with Gasteiger partial charge in [-0.05, 0) is 37.3 Å². The average Bonchev–Trinajstić information content (AvgIpc) is 2.56. The number of aliphatic hydroxyl groups is 1. The smallest absolute Gasteiger partial charge is 0.0505 e. The van der Waals surface area contributed by atoms with E-state index in [1.807, 2.05) is 11.8 Å². The van der Waals surface area contributed by atoms with Crippen LogP contribution in [-0.2, 0) is 0 Å². The second-order valence-corrected chi connectivity index (χ2v) is 7.17. The average molecular weight is 323 g/mol. The molecule has 0 aliphatic carbocycles. The van der Waals surface area contributed by atoms with Gasteiger partial charge in [0, 0.05) is 37.7 Å². The van der Waals surface area contributed by atoms with Crippen LogP contribution >= 0.6 is 11.8 Å². The van der Waals surface area contributed by atoms with Crippen molar-refractivity contribution in [2.45, 2.75) is 37.5 Å². The topological polar surface area (TPSA) is 26.7 Å². The Hall–Kier alpha value is -0.710. The molecular formula is C18H30N2OS. The fourth-order valence-electron chi connectivity index (χ4n) is 3.01. The molecule has 2 rings (SSSR count). The van der Waals surface area contributed by atoms with Gasteiger partial charge in [-0.1, -0.05) is 31.9 Å². The van der Waals surface area contributed by atoms with E-state index in [-0.39, 0.29) is 0 Å². The van der Waals surface area contributed by atoms with Crippen LogP contribution in [0, 0.1) is 0 Å². The van der Waals surface area contributed by atoms with Crippen LogP contribution in [0.4, 0.5) is 5.69 Å². The number of unbranched alkanes of at least 4 members (excludes halogenated alkanes) is 3. The molecule has 1 saturated heterocycles. The van der Waals surface area contributed by atoms with E-state index in [9.17, 15) is 0 Å². The lowest BCUT2D eigenvalue weighted by atomic mass is 10.2. The van der Waals surface area contributed by atoms with E-state index in [2.05, 4.69) is 41.0 Å². The quantitative estimate of drug-likeness (QED) is 0.556.